The third-order valence-corrected chi connectivity index (χ3v) is 6.51. The van der Waals surface area contributed by atoms with E-state index in [0.717, 1.165) is 12.8 Å². The Morgan fingerprint density at radius 3 is 1.62 bits per heavy atom. The number of phosphoric acid groups is 1. The predicted octanol–water partition coefficient (Wildman–Crippen LogP) is 4.62. The number of aliphatic hydroxyl groups is 1. The summed E-state index contributed by atoms with van der Waals surface area (Å²) >= 11 is 0. The largest absolute Gasteiger partial charge is 0.481 e. The number of hydrogen-bond donors (Lipinski definition) is 6. The number of ether oxygens (including phenoxy) is 2. The van der Waals surface area contributed by atoms with E-state index < -0.39 is 38.5 Å². The fourth-order valence-corrected chi connectivity index (χ4v) is 4.00. The number of aliphatic carboxylic acids is 2. The fraction of sp³-hybridized carbons (Fsp3) is 0.926. The van der Waals surface area contributed by atoms with E-state index in [9.17, 15) is 14.2 Å². The number of rotatable bonds is 28. The molecule has 2 atom stereocenters. The summed E-state index contributed by atoms with van der Waals surface area (Å²) in [6.45, 7) is 2.55. The minimum absolute atomic E-state index is 0.0721. The molecule has 0 spiro atoms. The molecular weight excluding hydrogens is 545 g/mol. The Balaban J connectivity index is 0. The number of nitrogens with two attached hydrogens (primary N) is 1. The molecule has 0 fully saturated rings. The van der Waals surface area contributed by atoms with Crippen LogP contribution in [0, 0.1) is 0 Å². The summed E-state index contributed by atoms with van der Waals surface area (Å²) in [5.74, 6) is -2.03. The second kappa shape index (κ2) is 29.4. The van der Waals surface area contributed by atoms with Crippen molar-refractivity contribution in [2.75, 3.05) is 33.0 Å². The lowest BCUT2D eigenvalue weighted by atomic mass is 10.0. The molecule has 0 aliphatic rings. The van der Waals surface area contributed by atoms with Gasteiger partial charge >= 0.3 is 19.8 Å². The molecule has 0 aromatic carbocycles. The van der Waals surface area contributed by atoms with Crippen LogP contribution in [0.15, 0.2) is 0 Å². The highest BCUT2D eigenvalue weighted by molar-refractivity contribution is 7.46. The maximum atomic E-state index is 10.9. The maximum Gasteiger partial charge on any atom is 0.469 e. The lowest BCUT2D eigenvalue weighted by Gasteiger charge is -2.18. The summed E-state index contributed by atoms with van der Waals surface area (Å²) in [5.41, 5.74) is 4.77. The number of aliphatic hydroxyl groups excluding tert-OH is 1. The molecule has 0 saturated heterocycles. The van der Waals surface area contributed by atoms with Crippen LogP contribution in [0.4, 0.5) is 0 Å². The number of carboxylic acid groups (broad SMARTS) is 2. The molecule has 0 amide bonds. The molecule has 240 valence electrons. The van der Waals surface area contributed by atoms with Crippen LogP contribution in [0.25, 0.3) is 0 Å². The predicted molar refractivity (Wildman–Crippen MR) is 153 cm³/mol. The van der Waals surface area contributed by atoms with Crippen LogP contribution >= 0.6 is 7.82 Å². The van der Waals surface area contributed by atoms with Gasteiger partial charge in [-0.2, -0.15) is 0 Å². The first-order valence-corrected chi connectivity index (χ1v) is 16.3. The third-order valence-electron chi connectivity index (χ3n) is 6.03. The minimum Gasteiger partial charge on any atom is -0.481 e. The van der Waals surface area contributed by atoms with E-state index in [2.05, 4.69) is 11.4 Å². The fourth-order valence-electron chi connectivity index (χ4n) is 3.64. The first-order valence-electron chi connectivity index (χ1n) is 14.7. The summed E-state index contributed by atoms with van der Waals surface area (Å²) in [6, 6.07) is -1.13. The van der Waals surface area contributed by atoms with Crippen LogP contribution < -0.4 is 5.73 Å². The summed E-state index contributed by atoms with van der Waals surface area (Å²) in [5, 5.41) is 24.5. The van der Waals surface area contributed by atoms with E-state index in [1.54, 1.807) is 0 Å². The molecule has 2 unspecified atom stereocenters. The molecule has 0 aromatic heterocycles. The van der Waals surface area contributed by atoms with Gasteiger partial charge in [-0.05, 0) is 19.3 Å². The Morgan fingerprint density at radius 2 is 1.23 bits per heavy atom. The van der Waals surface area contributed by atoms with E-state index in [-0.39, 0.29) is 19.6 Å². The van der Waals surface area contributed by atoms with Gasteiger partial charge in [-0.3, -0.25) is 14.1 Å². The third kappa shape index (κ3) is 34.9. The lowest BCUT2D eigenvalue weighted by molar-refractivity contribution is -0.139. The SMILES string of the molecule is CCCCCCCCCCCCCCCCOCC(COP(=O)(O)O)OCCCCC(=O)O.NC(CO)C(=O)O. The highest BCUT2D eigenvalue weighted by Crippen LogP contribution is 2.35. The van der Waals surface area contributed by atoms with Gasteiger partial charge in [-0.25, -0.2) is 4.57 Å². The normalized spacial score (nSPS) is 12.9. The highest BCUT2D eigenvalue weighted by Gasteiger charge is 2.19. The van der Waals surface area contributed by atoms with Crippen LogP contribution in [0.1, 0.15) is 116 Å². The van der Waals surface area contributed by atoms with E-state index in [0.29, 0.717) is 26.1 Å². The van der Waals surface area contributed by atoms with E-state index in [4.69, 9.17) is 40.3 Å². The van der Waals surface area contributed by atoms with Gasteiger partial charge in [-0.15, -0.1) is 0 Å². The number of unbranched alkanes of at least 4 members (excludes halogenated alkanes) is 14. The smallest absolute Gasteiger partial charge is 0.469 e. The van der Waals surface area contributed by atoms with Crippen molar-refractivity contribution in [2.24, 2.45) is 5.73 Å². The molecule has 0 heterocycles. The molecule has 0 aliphatic carbocycles. The monoisotopic (exact) mass is 601 g/mol. The molecule has 0 rings (SSSR count). The van der Waals surface area contributed by atoms with Crippen LogP contribution in [0.3, 0.4) is 0 Å². The van der Waals surface area contributed by atoms with Crippen LogP contribution in [0.2, 0.25) is 0 Å². The summed E-state index contributed by atoms with van der Waals surface area (Å²) in [7, 11) is -4.57. The lowest BCUT2D eigenvalue weighted by Crippen LogP contribution is -2.33. The molecule has 7 N–H and O–H groups in total. The van der Waals surface area contributed by atoms with Crippen LogP contribution in [-0.2, 0) is 28.2 Å². The summed E-state index contributed by atoms with van der Waals surface area (Å²) in [6.07, 6.45) is 18.6. The average Bonchev–Trinajstić information content (AvgIpc) is 2.89. The maximum absolute atomic E-state index is 10.9. The molecule has 0 aliphatic heterocycles. The minimum atomic E-state index is -4.57. The summed E-state index contributed by atoms with van der Waals surface area (Å²) in [4.78, 5) is 37.9. The zero-order valence-corrected chi connectivity index (χ0v) is 25.3. The molecule has 0 aromatic rings. The molecule has 0 bridgehead atoms. The quantitative estimate of drug-likeness (QED) is 0.0536. The highest BCUT2D eigenvalue weighted by atomic mass is 31.2. The Labute approximate surface area is 240 Å². The van der Waals surface area contributed by atoms with Gasteiger partial charge in [0.25, 0.3) is 0 Å². The van der Waals surface area contributed by atoms with Crippen molar-refractivity contribution >= 4 is 19.8 Å². The van der Waals surface area contributed by atoms with Crippen molar-refractivity contribution in [3.8, 4) is 0 Å². The van der Waals surface area contributed by atoms with Crippen LogP contribution in [-0.4, -0.2) is 82.2 Å². The van der Waals surface area contributed by atoms with Crippen molar-refractivity contribution in [3.05, 3.63) is 0 Å². The van der Waals surface area contributed by atoms with Crippen molar-refractivity contribution in [1.29, 1.82) is 0 Å². The molecule has 0 radical (unpaired) electrons. The van der Waals surface area contributed by atoms with E-state index in [1.807, 2.05) is 0 Å². The summed E-state index contributed by atoms with van der Waals surface area (Å²) < 4.78 is 26.6. The molecule has 40 heavy (non-hydrogen) atoms. The number of hydrogen-bond acceptors (Lipinski definition) is 8. The van der Waals surface area contributed by atoms with Crippen LogP contribution in [0.5, 0.6) is 0 Å². The number of carboxylic acids is 2. The van der Waals surface area contributed by atoms with E-state index in [1.165, 1.54) is 77.0 Å². The number of carbonyl (C=O) groups is 2. The Kier molecular flexibility index (Phi) is 30.1. The second-order valence-electron chi connectivity index (χ2n) is 9.93. The van der Waals surface area contributed by atoms with Crippen molar-refractivity contribution in [3.63, 3.8) is 0 Å². The van der Waals surface area contributed by atoms with Gasteiger partial charge in [0.1, 0.15) is 12.1 Å². The number of phosphoric ester groups is 1. The van der Waals surface area contributed by atoms with Gasteiger partial charge in [0.15, 0.2) is 0 Å². The van der Waals surface area contributed by atoms with E-state index >= 15 is 0 Å². The standard InChI is InChI=1S/C24H49O8P.C3H7NO3/c1-2-3-4-5-6-7-8-9-10-11-12-13-14-16-19-30-21-23(22-32-33(27,28)29)31-20-17-15-18-24(25)26;4-2(1-5)3(6)7/h23H,2-22H2,1H3,(H,25,26)(H2,27,28,29);2,5H,1,4H2,(H,6,7). The first kappa shape index (κ1) is 41.0. The second-order valence-corrected chi connectivity index (χ2v) is 11.2. The van der Waals surface area contributed by atoms with Crippen molar-refractivity contribution in [2.45, 2.75) is 128 Å². The average molecular weight is 602 g/mol. The van der Waals surface area contributed by atoms with Crippen molar-refractivity contribution in [1.82, 2.24) is 0 Å². The van der Waals surface area contributed by atoms with Gasteiger partial charge < -0.3 is 40.3 Å². The zero-order chi connectivity index (χ0) is 30.5. The van der Waals surface area contributed by atoms with Gasteiger partial charge in [0.2, 0.25) is 0 Å². The molecule has 0 saturated carbocycles. The first-order chi connectivity index (χ1) is 19.0. The molecule has 13 heteroatoms. The topological polar surface area (TPSA) is 206 Å². The van der Waals surface area contributed by atoms with Gasteiger partial charge in [0, 0.05) is 19.6 Å². The van der Waals surface area contributed by atoms with Crippen molar-refractivity contribution < 1.29 is 53.3 Å². The Bertz CT molecular complexity index is 634. The molecule has 12 nitrogen and oxygen atoms in total. The zero-order valence-electron chi connectivity index (χ0n) is 24.4. The van der Waals surface area contributed by atoms with Gasteiger partial charge in [-0.1, -0.05) is 90.4 Å². The molecular formula is C27H56NO11P. The Morgan fingerprint density at radius 1 is 0.750 bits per heavy atom. The van der Waals surface area contributed by atoms with Gasteiger partial charge in [0.05, 0.1) is 19.8 Å². The Hall–Kier alpha value is -1.11.